The van der Waals surface area contributed by atoms with Gasteiger partial charge in [0.15, 0.2) is 0 Å². The summed E-state index contributed by atoms with van der Waals surface area (Å²) in [6.07, 6.45) is 39.6. The second-order valence-electron chi connectivity index (χ2n) is 14.8. The van der Waals surface area contributed by atoms with Crippen molar-refractivity contribution in [3.63, 3.8) is 0 Å². The van der Waals surface area contributed by atoms with Crippen LogP contribution < -0.4 is 10.6 Å². The molecule has 0 aliphatic rings. The van der Waals surface area contributed by atoms with E-state index >= 15 is 0 Å². The summed E-state index contributed by atoms with van der Waals surface area (Å²) in [5.74, 6) is -2.29. The molecule has 0 spiro atoms. The van der Waals surface area contributed by atoms with Gasteiger partial charge in [-0.3, -0.25) is 14.4 Å². The van der Waals surface area contributed by atoms with Gasteiger partial charge < -0.3 is 25.6 Å². The van der Waals surface area contributed by atoms with E-state index in [4.69, 9.17) is 14.9 Å². The molecule has 2 unspecified atom stereocenters. The number of carbonyl (C=O) groups excluding carboxylic acids is 3. The normalized spacial score (nSPS) is 12.5. The van der Waals surface area contributed by atoms with Crippen LogP contribution in [0.25, 0.3) is 0 Å². The highest BCUT2D eigenvalue weighted by molar-refractivity contribution is 5.87. The van der Waals surface area contributed by atoms with Crippen molar-refractivity contribution in [2.75, 3.05) is 13.2 Å². The summed E-state index contributed by atoms with van der Waals surface area (Å²) in [4.78, 5) is 47.4. The van der Waals surface area contributed by atoms with Crippen LogP contribution in [-0.4, -0.2) is 59.3 Å². The summed E-state index contributed by atoms with van der Waals surface area (Å²) >= 11 is 0. The number of unbranched alkanes of at least 4 members (excludes halogenated alkanes) is 23. The Kier molecular flexibility index (Phi) is 36.5. The van der Waals surface area contributed by atoms with Crippen LogP contribution in [0, 0.1) is 0 Å². The zero-order valence-electron chi connectivity index (χ0n) is 33.6. The number of carbonyl (C=O) groups is 4. The van der Waals surface area contributed by atoms with Gasteiger partial charge in [0.1, 0.15) is 12.1 Å². The molecule has 0 aromatic heterocycles. The summed E-state index contributed by atoms with van der Waals surface area (Å²) in [5.41, 5.74) is 0. The monoisotopic (exact) mass is 737 g/mol. The molecule has 0 saturated heterocycles. The first-order chi connectivity index (χ1) is 25.3. The number of ether oxygens (including phenoxy) is 1. The molecule has 0 aliphatic carbocycles. The van der Waals surface area contributed by atoms with E-state index in [0.717, 1.165) is 57.8 Å². The molecule has 0 heterocycles. The molecule has 0 bridgehead atoms. The van der Waals surface area contributed by atoms with E-state index in [1.54, 1.807) is 0 Å². The number of aliphatic hydroxyl groups excluding tert-OH is 1. The minimum Gasteiger partial charge on any atom is -0.480 e. The third-order valence-corrected chi connectivity index (χ3v) is 9.76. The van der Waals surface area contributed by atoms with Gasteiger partial charge in [0.2, 0.25) is 11.8 Å². The number of allylic oxidation sites excluding steroid dienone is 2. The van der Waals surface area contributed by atoms with Crippen molar-refractivity contribution >= 4 is 23.8 Å². The van der Waals surface area contributed by atoms with Gasteiger partial charge in [0.05, 0.1) is 13.2 Å². The van der Waals surface area contributed by atoms with Crippen LogP contribution in [0.5, 0.6) is 0 Å². The molecular weight excluding hydrogens is 656 g/mol. The van der Waals surface area contributed by atoms with Crippen molar-refractivity contribution in [2.45, 2.75) is 225 Å². The molecule has 0 saturated carbocycles. The lowest BCUT2D eigenvalue weighted by Crippen LogP contribution is -2.47. The smallest absolute Gasteiger partial charge is 0.328 e. The number of aliphatic hydroxyl groups is 1. The average molecular weight is 737 g/mol. The summed E-state index contributed by atoms with van der Waals surface area (Å²) in [7, 11) is 0. The van der Waals surface area contributed by atoms with E-state index in [1.165, 1.54) is 122 Å². The summed E-state index contributed by atoms with van der Waals surface area (Å²) < 4.78 is 6.00. The number of aliphatic carboxylic acids is 1. The van der Waals surface area contributed by atoms with Crippen LogP contribution in [0.3, 0.4) is 0 Å². The Labute approximate surface area is 318 Å². The lowest BCUT2D eigenvalue weighted by Gasteiger charge is -2.18. The number of carboxylic acids is 1. The van der Waals surface area contributed by atoms with Crippen molar-refractivity contribution in [3.05, 3.63) is 12.2 Å². The molecule has 0 aliphatic heterocycles. The Morgan fingerprint density at radius 1 is 0.558 bits per heavy atom. The van der Waals surface area contributed by atoms with E-state index in [1.807, 2.05) is 0 Å². The maximum Gasteiger partial charge on any atom is 0.328 e. The zero-order valence-corrected chi connectivity index (χ0v) is 33.6. The van der Waals surface area contributed by atoms with Gasteiger partial charge in [-0.25, -0.2) is 4.79 Å². The Bertz CT molecular complexity index is 895. The maximum absolute atomic E-state index is 12.7. The van der Waals surface area contributed by atoms with Crippen LogP contribution in [0.1, 0.15) is 213 Å². The van der Waals surface area contributed by atoms with Crippen LogP contribution in [-0.2, 0) is 23.9 Å². The SMILES string of the molecule is CCCCCCCC/C=C\CCCCCCCCCC(=O)OC(CCCCCCCCC)CCCCCCCC(=O)NCC(=O)NC(CO)C(=O)O. The first-order valence-electron chi connectivity index (χ1n) is 21.6. The van der Waals surface area contributed by atoms with Gasteiger partial charge in [0.25, 0.3) is 0 Å². The molecule has 0 aromatic carbocycles. The van der Waals surface area contributed by atoms with Gasteiger partial charge in [-0.15, -0.1) is 0 Å². The van der Waals surface area contributed by atoms with Gasteiger partial charge in [-0.2, -0.15) is 0 Å². The summed E-state index contributed by atoms with van der Waals surface area (Å²) in [6, 6.07) is -1.38. The Morgan fingerprint density at radius 2 is 0.981 bits per heavy atom. The predicted octanol–water partition coefficient (Wildman–Crippen LogP) is 10.3. The lowest BCUT2D eigenvalue weighted by molar-refractivity contribution is -0.150. The van der Waals surface area contributed by atoms with E-state index in [-0.39, 0.29) is 24.5 Å². The number of amides is 2. The minimum atomic E-state index is -1.38. The fourth-order valence-corrected chi connectivity index (χ4v) is 6.42. The first-order valence-corrected chi connectivity index (χ1v) is 21.6. The minimum absolute atomic E-state index is 0.00790. The predicted molar refractivity (Wildman–Crippen MR) is 213 cm³/mol. The number of hydrogen-bond donors (Lipinski definition) is 4. The highest BCUT2D eigenvalue weighted by atomic mass is 16.5. The Balaban J connectivity index is 4.13. The standard InChI is InChI=1S/C43H80N2O7/c1-3-5-7-9-11-12-13-14-15-16-17-18-19-20-22-27-31-35-42(49)52-38(32-28-24-21-10-8-6-4-2)33-29-25-23-26-30-34-40(47)44-36-41(48)45-39(37-46)43(50)51/h14-15,38-39,46H,3-13,16-37H2,1-2H3,(H,44,47)(H,45,48)(H,50,51)/b15-14-. The third-order valence-electron chi connectivity index (χ3n) is 9.76. The second-order valence-corrected chi connectivity index (χ2v) is 14.8. The quantitative estimate of drug-likeness (QED) is 0.0279. The van der Waals surface area contributed by atoms with Crippen molar-refractivity contribution in [1.82, 2.24) is 10.6 Å². The number of nitrogens with one attached hydrogen (secondary N) is 2. The molecule has 9 nitrogen and oxygen atoms in total. The number of hydrogen-bond acceptors (Lipinski definition) is 6. The number of esters is 1. The topological polar surface area (TPSA) is 142 Å². The van der Waals surface area contributed by atoms with E-state index in [9.17, 15) is 19.2 Å². The van der Waals surface area contributed by atoms with Gasteiger partial charge in [-0.1, -0.05) is 148 Å². The van der Waals surface area contributed by atoms with Gasteiger partial charge in [-0.05, 0) is 64.2 Å². The highest BCUT2D eigenvalue weighted by Gasteiger charge is 2.19. The molecule has 0 radical (unpaired) electrons. The molecule has 4 N–H and O–H groups in total. The van der Waals surface area contributed by atoms with Crippen molar-refractivity contribution in [3.8, 4) is 0 Å². The van der Waals surface area contributed by atoms with Crippen LogP contribution in [0.2, 0.25) is 0 Å². The van der Waals surface area contributed by atoms with Crippen molar-refractivity contribution in [2.24, 2.45) is 0 Å². The largest absolute Gasteiger partial charge is 0.480 e. The lowest BCUT2D eigenvalue weighted by atomic mass is 10.0. The molecular formula is C43H80N2O7. The molecule has 52 heavy (non-hydrogen) atoms. The fourth-order valence-electron chi connectivity index (χ4n) is 6.42. The fraction of sp³-hybridized carbons (Fsp3) is 0.860. The maximum atomic E-state index is 12.7. The highest BCUT2D eigenvalue weighted by Crippen LogP contribution is 2.19. The Hall–Kier alpha value is -2.42. The van der Waals surface area contributed by atoms with E-state index in [0.29, 0.717) is 19.3 Å². The van der Waals surface area contributed by atoms with Gasteiger partial charge >= 0.3 is 11.9 Å². The van der Waals surface area contributed by atoms with Crippen molar-refractivity contribution in [1.29, 1.82) is 0 Å². The van der Waals surface area contributed by atoms with E-state index < -0.39 is 24.5 Å². The molecule has 2 amide bonds. The summed E-state index contributed by atoms with van der Waals surface area (Å²) in [5, 5.41) is 22.5. The molecule has 304 valence electrons. The zero-order chi connectivity index (χ0) is 38.3. The van der Waals surface area contributed by atoms with Crippen molar-refractivity contribution < 1.29 is 34.1 Å². The molecule has 0 aromatic rings. The average Bonchev–Trinajstić information content (AvgIpc) is 3.13. The summed E-state index contributed by atoms with van der Waals surface area (Å²) in [6.45, 7) is 3.47. The van der Waals surface area contributed by atoms with E-state index in [2.05, 4.69) is 36.6 Å². The van der Waals surface area contributed by atoms with Crippen LogP contribution in [0.15, 0.2) is 12.2 Å². The van der Waals surface area contributed by atoms with Crippen LogP contribution in [0.4, 0.5) is 0 Å². The second kappa shape index (κ2) is 38.3. The van der Waals surface area contributed by atoms with Crippen LogP contribution >= 0.6 is 0 Å². The molecule has 2 atom stereocenters. The molecule has 9 heteroatoms. The Morgan fingerprint density at radius 3 is 1.44 bits per heavy atom. The number of carboxylic acid groups (broad SMARTS) is 1. The molecule has 0 rings (SSSR count). The number of rotatable bonds is 39. The van der Waals surface area contributed by atoms with Gasteiger partial charge in [0, 0.05) is 12.8 Å². The molecule has 0 fully saturated rings. The first kappa shape index (κ1) is 49.6. The third kappa shape index (κ3) is 34.7.